The number of benzene rings is 1. The molecule has 0 spiro atoms. The smallest absolute Gasteiger partial charge is 0.339 e. The van der Waals surface area contributed by atoms with Gasteiger partial charge in [0.15, 0.2) is 5.76 Å². The fourth-order valence-electron chi connectivity index (χ4n) is 1.51. The second kappa shape index (κ2) is 4.61. The van der Waals surface area contributed by atoms with Gasteiger partial charge in [0.2, 0.25) is 0 Å². The quantitative estimate of drug-likeness (QED) is 0.881. The number of carbonyl (C=O) groups is 1. The normalized spacial score (nSPS) is 12.4. The van der Waals surface area contributed by atoms with Crippen LogP contribution in [0.25, 0.3) is 0 Å². The Morgan fingerprint density at radius 2 is 1.88 bits per heavy atom. The van der Waals surface area contributed by atoms with Gasteiger partial charge in [-0.15, -0.1) is 0 Å². The predicted molar refractivity (Wildman–Crippen MR) is 61.2 cm³/mol. The van der Waals surface area contributed by atoms with E-state index in [4.69, 9.17) is 21.1 Å². The molecule has 0 amide bonds. The van der Waals surface area contributed by atoms with Gasteiger partial charge in [0.05, 0.1) is 6.26 Å². The number of carboxylic acid groups (broad SMARTS) is 1. The summed E-state index contributed by atoms with van der Waals surface area (Å²) in [5.74, 6) is -1.12. The second-order valence-electron chi connectivity index (χ2n) is 3.46. The number of aliphatic hydroxyl groups excluding tert-OH is 1. The molecular formula is C12H9ClO4. The van der Waals surface area contributed by atoms with E-state index in [0.29, 0.717) is 10.6 Å². The van der Waals surface area contributed by atoms with E-state index in [1.807, 2.05) is 0 Å². The minimum absolute atomic E-state index is 0.0137. The molecule has 0 aliphatic heterocycles. The van der Waals surface area contributed by atoms with Gasteiger partial charge in [-0.1, -0.05) is 23.7 Å². The summed E-state index contributed by atoms with van der Waals surface area (Å²) in [7, 11) is 0. The second-order valence-corrected chi connectivity index (χ2v) is 3.89. The highest BCUT2D eigenvalue weighted by molar-refractivity contribution is 6.30. The summed E-state index contributed by atoms with van der Waals surface area (Å²) in [5, 5.41) is 19.4. The van der Waals surface area contributed by atoms with Crippen LogP contribution in [0, 0.1) is 0 Å². The van der Waals surface area contributed by atoms with Crippen molar-refractivity contribution in [3.63, 3.8) is 0 Å². The van der Waals surface area contributed by atoms with Crippen molar-refractivity contribution in [1.82, 2.24) is 0 Å². The molecule has 2 rings (SSSR count). The molecule has 17 heavy (non-hydrogen) atoms. The third-order valence-corrected chi connectivity index (χ3v) is 2.61. The Labute approximate surface area is 102 Å². The predicted octanol–water partition coefficient (Wildman–Crippen LogP) is 2.71. The van der Waals surface area contributed by atoms with Crippen molar-refractivity contribution in [1.29, 1.82) is 0 Å². The number of carboxylic acids is 1. The van der Waals surface area contributed by atoms with Crippen LogP contribution in [0.1, 0.15) is 27.8 Å². The van der Waals surface area contributed by atoms with Gasteiger partial charge in [-0.2, -0.15) is 0 Å². The molecule has 2 N–H and O–H groups in total. The monoisotopic (exact) mass is 252 g/mol. The number of furan rings is 1. The molecule has 88 valence electrons. The first-order valence-electron chi connectivity index (χ1n) is 4.84. The molecule has 0 saturated carbocycles. The van der Waals surface area contributed by atoms with Crippen LogP contribution >= 0.6 is 11.6 Å². The van der Waals surface area contributed by atoms with Gasteiger partial charge in [0.25, 0.3) is 0 Å². The molecule has 2 aromatic rings. The van der Waals surface area contributed by atoms with E-state index in [-0.39, 0.29) is 11.3 Å². The molecule has 0 bridgehead atoms. The maximum absolute atomic E-state index is 10.9. The summed E-state index contributed by atoms with van der Waals surface area (Å²) in [6, 6.07) is 7.76. The van der Waals surface area contributed by atoms with E-state index >= 15 is 0 Å². The lowest BCUT2D eigenvalue weighted by Crippen LogP contribution is -2.05. The SMILES string of the molecule is O=C(O)c1ccoc1C(O)c1ccc(Cl)cc1. The molecule has 0 radical (unpaired) electrons. The fraction of sp³-hybridized carbons (Fsp3) is 0.0833. The van der Waals surface area contributed by atoms with Gasteiger partial charge >= 0.3 is 5.97 Å². The average Bonchev–Trinajstić information content (AvgIpc) is 2.78. The van der Waals surface area contributed by atoms with Crippen LogP contribution in [0.5, 0.6) is 0 Å². The minimum Gasteiger partial charge on any atom is -0.478 e. The third kappa shape index (κ3) is 2.33. The summed E-state index contributed by atoms with van der Waals surface area (Å²) < 4.78 is 5.01. The number of hydrogen-bond acceptors (Lipinski definition) is 3. The van der Waals surface area contributed by atoms with Gasteiger partial charge in [0.1, 0.15) is 11.7 Å². The molecule has 1 heterocycles. The molecule has 0 aliphatic rings. The van der Waals surface area contributed by atoms with E-state index in [1.165, 1.54) is 12.3 Å². The standard InChI is InChI=1S/C12H9ClO4/c13-8-3-1-7(2-4-8)10(14)11-9(12(15)16)5-6-17-11/h1-6,10,14H,(H,15,16). The number of rotatable bonds is 3. The molecule has 1 atom stereocenters. The van der Waals surface area contributed by atoms with Crippen molar-refractivity contribution in [2.75, 3.05) is 0 Å². The van der Waals surface area contributed by atoms with Gasteiger partial charge in [-0.3, -0.25) is 0 Å². The van der Waals surface area contributed by atoms with E-state index in [9.17, 15) is 9.90 Å². The highest BCUT2D eigenvalue weighted by atomic mass is 35.5. The first kappa shape index (κ1) is 11.7. The van der Waals surface area contributed by atoms with Crippen LogP contribution in [0.4, 0.5) is 0 Å². The largest absolute Gasteiger partial charge is 0.478 e. The third-order valence-electron chi connectivity index (χ3n) is 2.36. The zero-order valence-electron chi connectivity index (χ0n) is 8.63. The van der Waals surface area contributed by atoms with Crippen molar-refractivity contribution in [3.8, 4) is 0 Å². The van der Waals surface area contributed by atoms with Crippen LogP contribution < -0.4 is 0 Å². The molecule has 0 aliphatic carbocycles. The molecule has 5 heteroatoms. The molecule has 0 saturated heterocycles. The summed E-state index contributed by atoms with van der Waals surface area (Å²) >= 11 is 5.72. The van der Waals surface area contributed by atoms with Crippen LogP contribution in [-0.2, 0) is 0 Å². The average molecular weight is 253 g/mol. The van der Waals surface area contributed by atoms with Gasteiger partial charge in [0, 0.05) is 5.02 Å². The Morgan fingerprint density at radius 1 is 1.24 bits per heavy atom. The highest BCUT2D eigenvalue weighted by Gasteiger charge is 2.21. The molecule has 1 aromatic carbocycles. The maximum atomic E-state index is 10.9. The number of aromatic carboxylic acids is 1. The molecule has 1 aromatic heterocycles. The molecule has 1 unspecified atom stereocenters. The van der Waals surface area contributed by atoms with Crippen LogP contribution in [0.2, 0.25) is 5.02 Å². The van der Waals surface area contributed by atoms with Crippen LogP contribution in [-0.4, -0.2) is 16.2 Å². The Hall–Kier alpha value is -1.78. The highest BCUT2D eigenvalue weighted by Crippen LogP contribution is 2.26. The van der Waals surface area contributed by atoms with E-state index < -0.39 is 12.1 Å². The van der Waals surface area contributed by atoms with Crippen LogP contribution in [0.3, 0.4) is 0 Å². The zero-order valence-corrected chi connectivity index (χ0v) is 9.39. The number of aliphatic hydroxyl groups is 1. The summed E-state index contributed by atoms with van der Waals surface area (Å²) in [4.78, 5) is 10.9. The van der Waals surface area contributed by atoms with Crippen molar-refractivity contribution in [2.45, 2.75) is 6.10 Å². The summed E-state index contributed by atoms with van der Waals surface area (Å²) in [6.07, 6.45) is 0.117. The van der Waals surface area contributed by atoms with Gasteiger partial charge in [-0.25, -0.2) is 4.79 Å². The van der Waals surface area contributed by atoms with E-state index in [0.717, 1.165) is 0 Å². The van der Waals surface area contributed by atoms with Gasteiger partial charge in [-0.05, 0) is 23.8 Å². The topological polar surface area (TPSA) is 70.7 Å². The molecule has 0 fully saturated rings. The van der Waals surface area contributed by atoms with E-state index in [1.54, 1.807) is 24.3 Å². The first-order valence-corrected chi connectivity index (χ1v) is 5.21. The van der Waals surface area contributed by atoms with Crippen molar-refractivity contribution < 1.29 is 19.4 Å². The maximum Gasteiger partial charge on any atom is 0.339 e. The van der Waals surface area contributed by atoms with Crippen LogP contribution in [0.15, 0.2) is 41.0 Å². The number of hydrogen-bond donors (Lipinski definition) is 2. The van der Waals surface area contributed by atoms with Gasteiger partial charge < -0.3 is 14.6 Å². The van der Waals surface area contributed by atoms with Crippen molar-refractivity contribution in [2.24, 2.45) is 0 Å². The first-order chi connectivity index (χ1) is 8.09. The zero-order chi connectivity index (χ0) is 12.4. The van der Waals surface area contributed by atoms with E-state index in [2.05, 4.69) is 0 Å². The Bertz CT molecular complexity index is 530. The molecular weight excluding hydrogens is 244 g/mol. The summed E-state index contributed by atoms with van der Waals surface area (Å²) in [5.41, 5.74) is 0.472. The van der Waals surface area contributed by atoms with Crippen molar-refractivity contribution in [3.05, 3.63) is 58.5 Å². The molecule has 4 nitrogen and oxygen atoms in total. The number of halogens is 1. The lowest BCUT2D eigenvalue weighted by molar-refractivity contribution is 0.0687. The lowest BCUT2D eigenvalue weighted by atomic mass is 10.0. The summed E-state index contributed by atoms with van der Waals surface area (Å²) in [6.45, 7) is 0. The lowest BCUT2D eigenvalue weighted by Gasteiger charge is -2.09. The minimum atomic E-state index is -1.14. The van der Waals surface area contributed by atoms with Crippen molar-refractivity contribution >= 4 is 17.6 Å². The Morgan fingerprint density at radius 3 is 2.47 bits per heavy atom. The Kier molecular flexibility index (Phi) is 3.17. The Balaban J connectivity index is 2.36. The fourth-order valence-corrected chi connectivity index (χ4v) is 1.63.